The average Bonchev–Trinajstić information content (AvgIpc) is 2.87. The zero-order valence-electron chi connectivity index (χ0n) is 10.6. The van der Waals surface area contributed by atoms with Crippen LogP contribution in [0, 0.1) is 4.77 Å². The Morgan fingerprint density at radius 1 is 1.65 bits per heavy atom. The lowest BCUT2D eigenvalue weighted by molar-refractivity contribution is 0.118. The Morgan fingerprint density at radius 2 is 2.41 bits per heavy atom. The molecular weight excluding hydrogens is 236 g/mol. The summed E-state index contributed by atoms with van der Waals surface area (Å²) in [6.07, 6.45) is 2.34. The van der Waals surface area contributed by atoms with Crippen molar-refractivity contribution in [3.8, 4) is 0 Å². The second-order valence-corrected chi connectivity index (χ2v) is 4.91. The molecule has 0 radical (unpaired) electrons. The predicted molar refractivity (Wildman–Crippen MR) is 69.9 cm³/mol. The van der Waals surface area contributed by atoms with Gasteiger partial charge >= 0.3 is 0 Å². The lowest BCUT2D eigenvalue weighted by Crippen LogP contribution is -2.38. The van der Waals surface area contributed by atoms with E-state index in [1.807, 2.05) is 0 Å². The number of rotatable bonds is 4. The Bertz CT molecular complexity index is 427. The summed E-state index contributed by atoms with van der Waals surface area (Å²) in [7, 11) is 2.06. The number of nitrogens with one attached hydrogen (secondary N) is 1. The quantitative estimate of drug-likeness (QED) is 0.837. The summed E-state index contributed by atoms with van der Waals surface area (Å²) in [4.78, 5) is 2.18. The Balaban J connectivity index is 2.24. The van der Waals surface area contributed by atoms with Crippen LogP contribution in [0.1, 0.15) is 26.7 Å². The third kappa shape index (κ3) is 2.37. The van der Waals surface area contributed by atoms with Crippen LogP contribution in [0.15, 0.2) is 0 Å². The minimum absolute atomic E-state index is 0.250. The molecule has 96 valence electrons. The zero-order valence-corrected chi connectivity index (χ0v) is 11.5. The van der Waals surface area contributed by atoms with Gasteiger partial charge in [0.25, 0.3) is 0 Å². The van der Waals surface area contributed by atoms with E-state index < -0.39 is 0 Å². The molecule has 1 aliphatic rings. The van der Waals surface area contributed by atoms with Crippen molar-refractivity contribution in [3.63, 3.8) is 0 Å². The number of anilines is 1. The van der Waals surface area contributed by atoms with Gasteiger partial charge in [0, 0.05) is 20.2 Å². The number of hydrogen-bond acceptors (Lipinski definition) is 4. The van der Waals surface area contributed by atoms with Gasteiger partial charge in [0.2, 0.25) is 5.95 Å². The van der Waals surface area contributed by atoms with Crippen LogP contribution >= 0.6 is 12.2 Å². The van der Waals surface area contributed by atoms with E-state index in [-0.39, 0.29) is 6.10 Å². The van der Waals surface area contributed by atoms with Crippen molar-refractivity contribution < 1.29 is 4.74 Å². The molecule has 1 saturated heterocycles. The molecule has 0 bridgehead atoms. The fourth-order valence-corrected chi connectivity index (χ4v) is 2.60. The molecule has 2 heterocycles. The number of ether oxygens (including phenoxy) is 1. The average molecular weight is 256 g/mol. The highest BCUT2D eigenvalue weighted by Gasteiger charge is 2.30. The number of likely N-dealkylation sites (N-methyl/N-ethyl adjacent to an activating group) is 1. The Labute approximate surface area is 107 Å². The van der Waals surface area contributed by atoms with Crippen molar-refractivity contribution in [2.24, 2.45) is 0 Å². The van der Waals surface area contributed by atoms with E-state index in [4.69, 9.17) is 17.0 Å². The van der Waals surface area contributed by atoms with Crippen LogP contribution in [0.2, 0.25) is 0 Å². The first kappa shape index (κ1) is 12.6. The van der Waals surface area contributed by atoms with Gasteiger partial charge in [-0.15, -0.1) is 5.10 Å². The normalized spacial score (nSPS) is 24.2. The summed E-state index contributed by atoms with van der Waals surface area (Å²) >= 11 is 5.25. The van der Waals surface area contributed by atoms with Crippen molar-refractivity contribution in [1.82, 2.24) is 14.8 Å². The molecule has 0 saturated carbocycles. The van der Waals surface area contributed by atoms with E-state index in [0.29, 0.717) is 10.8 Å². The van der Waals surface area contributed by atoms with E-state index in [9.17, 15) is 0 Å². The summed E-state index contributed by atoms with van der Waals surface area (Å²) in [6.45, 7) is 5.98. The van der Waals surface area contributed by atoms with Gasteiger partial charge < -0.3 is 9.64 Å². The first-order chi connectivity index (χ1) is 8.15. The molecule has 5 nitrogen and oxygen atoms in total. The molecule has 1 aliphatic heterocycles. The summed E-state index contributed by atoms with van der Waals surface area (Å²) in [5.41, 5.74) is 0. The predicted octanol–water partition coefficient (Wildman–Crippen LogP) is 1.96. The molecule has 2 rings (SSSR count). The number of nitrogens with zero attached hydrogens (tertiary/aromatic N) is 3. The highest BCUT2D eigenvalue weighted by Crippen LogP contribution is 2.23. The maximum absolute atomic E-state index is 5.60. The van der Waals surface area contributed by atoms with Crippen molar-refractivity contribution in [2.45, 2.75) is 45.4 Å². The monoisotopic (exact) mass is 256 g/mol. The van der Waals surface area contributed by atoms with Gasteiger partial charge in [-0.3, -0.25) is 4.57 Å². The minimum Gasteiger partial charge on any atom is -0.376 e. The van der Waals surface area contributed by atoms with E-state index >= 15 is 0 Å². The number of aromatic nitrogens is 3. The second-order valence-electron chi connectivity index (χ2n) is 4.52. The zero-order chi connectivity index (χ0) is 12.4. The third-order valence-electron chi connectivity index (χ3n) is 3.33. The first-order valence-electron chi connectivity index (χ1n) is 6.14. The standard InChI is InChI=1S/C11H20N4OS/c1-4-6-15-10(12-13-11(15)17)14(3)9-5-7-16-8(9)2/h8-9H,4-7H2,1-3H3,(H,13,17). The molecule has 0 amide bonds. The molecule has 0 spiro atoms. The highest BCUT2D eigenvalue weighted by atomic mass is 32.1. The topological polar surface area (TPSA) is 46.1 Å². The molecule has 1 aromatic rings. The SMILES string of the molecule is CCCn1c(N(C)C2CCOC2C)n[nH]c1=S. The fraction of sp³-hybridized carbons (Fsp3) is 0.818. The number of aromatic amines is 1. The molecule has 6 heteroatoms. The van der Waals surface area contributed by atoms with Crippen LogP contribution in [-0.2, 0) is 11.3 Å². The molecule has 17 heavy (non-hydrogen) atoms. The van der Waals surface area contributed by atoms with E-state index in [0.717, 1.165) is 31.9 Å². The minimum atomic E-state index is 0.250. The van der Waals surface area contributed by atoms with Gasteiger partial charge in [0.1, 0.15) is 0 Å². The van der Waals surface area contributed by atoms with Crippen LogP contribution < -0.4 is 4.90 Å². The van der Waals surface area contributed by atoms with Crippen molar-refractivity contribution in [2.75, 3.05) is 18.6 Å². The lowest BCUT2D eigenvalue weighted by atomic mass is 10.1. The summed E-state index contributed by atoms with van der Waals surface area (Å²) < 4.78 is 8.35. The molecule has 1 fully saturated rings. The largest absolute Gasteiger partial charge is 0.376 e. The Kier molecular flexibility index (Phi) is 3.83. The molecule has 0 aromatic carbocycles. The van der Waals surface area contributed by atoms with Crippen molar-refractivity contribution in [3.05, 3.63) is 4.77 Å². The smallest absolute Gasteiger partial charge is 0.225 e. The molecule has 2 atom stereocenters. The maximum atomic E-state index is 5.60. The van der Waals surface area contributed by atoms with Crippen LogP contribution in [0.3, 0.4) is 0 Å². The van der Waals surface area contributed by atoms with E-state index in [1.54, 1.807) is 0 Å². The van der Waals surface area contributed by atoms with Crippen molar-refractivity contribution in [1.29, 1.82) is 0 Å². The first-order valence-corrected chi connectivity index (χ1v) is 6.55. The molecule has 2 unspecified atom stereocenters. The van der Waals surface area contributed by atoms with Gasteiger partial charge in [-0.05, 0) is 32.0 Å². The summed E-state index contributed by atoms with van der Waals surface area (Å²) in [6, 6.07) is 0.385. The third-order valence-corrected chi connectivity index (χ3v) is 3.65. The molecule has 0 aliphatic carbocycles. The van der Waals surface area contributed by atoms with Gasteiger partial charge in [-0.1, -0.05) is 6.92 Å². The lowest BCUT2D eigenvalue weighted by Gasteiger charge is -2.27. The van der Waals surface area contributed by atoms with Gasteiger partial charge in [-0.25, -0.2) is 5.10 Å². The number of H-pyrrole nitrogens is 1. The van der Waals surface area contributed by atoms with Gasteiger partial charge in [0.15, 0.2) is 4.77 Å². The van der Waals surface area contributed by atoms with E-state index in [1.165, 1.54) is 0 Å². The Hall–Kier alpha value is -0.880. The second kappa shape index (κ2) is 5.18. The van der Waals surface area contributed by atoms with Gasteiger partial charge in [-0.2, -0.15) is 0 Å². The summed E-state index contributed by atoms with van der Waals surface area (Å²) in [5.74, 6) is 0.916. The maximum Gasteiger partial charge on any atom is 0.225 e. The van der Waals surface area contributed by atoms with Crippen LogP contribution in [0.25, 0.3) is 0 Å². The molecular formula is C11H20N4OS. The van der Waals surface area contributed by atoms with Crippen LogP contribution in [-0.4, -0.2) is 40.6 Å². The Morgan fingerprint density at radius 3 is 3.00 bits per heavy atom. The summed E-state index contributed by atoms with van der Waals surface area (Å²) in [5, 5.41) is 7.20. The molecule has 1 N–H and O–H groups in total. The van der Waals surface area contributed by atoms with Gasteiger partial charge in [0.05, 0.1) is 12.1 Å². The highest BCUT2D eigenvalue weighted by molar-refractivity contribution is 7.71. The van der Waals surface area contributed by atoms with Crippen LogP contribution in [0.4, 0.5) is 5.95 Å². The van der Waals surface area contributed by atoms with Crippen LogP contribution in [0.5, 0.6) is 0 Å². The molecule has 1 aromatic heterocycles. The number of hydrogen-bond donors (Lipinski definition) is 1. The van der Waals surface area contributed by atoms with E-state index in [2.05, 4.69) is 40.6 Å². The van der Waals surface area contributed by atoms with Crippen molar-refractivity contribution >= 4 is 18.2 Å². The fourth-order valence-electron chi connectivity index (χ4n) is 2.38.